The zero-order valence-corrected chi connectivity index (χ0v) is 11.6. The highest BCUT2D eigenvalue weighted by Gasteiger charge is 2.45. The Hall–Kier alpha value is -1.88. The highest BCUT2D eigenvalue weighted by atomic mass is 16.2. The molecule has 3 rings (SSSR count). The average molecular weight is 273 g/mol. The number of likely N-dealkylation sites (N-methyl/N-ethyl adjacent to an activating group) is 1. The molecule has 1 aromatic carbocycles. The number of amides is 2. The van der Waals surface area contributed by atoms with E-state index in [2.05, 4.69) is 6.07 Å². The summed E-state index contributed by atoms with van der Waals surface area (Å²) in [6.07, 6.45) is 2.16. The summed E-state index contributed by atoms with van der Waals surface area (Å²) in [7, 11) is 1.54. The summed E-state index contributed by atoms with van der Waals surface area (Å²) >= 11 is 0. The van der Waals surface area contributed by atoms with Crippen LogP contribution in [0, 0.1) is 0 Å². The molecule has 2 aliphatic rings. The largest absolute Gasteiger partial charge is 0.353 e. The SMILES string of the molecule is CN1C(=O)CN(c2ccccc2C2(CN)CC2)CC1=O. The van der Waals surface area contributed by atoms with Crippen molar-refractivity contribution in [3.63, 3.8) is 0 Å². The fourth-order valence-corrected chi connectivity index (χ4v) is 2.84. The third kappa shape index (κ3) is 1.98. The minimum absolute atomic E-state index is 0.0477. The van der Waals surface area contributed by atoms with E-state index in [1.165, 1.54) is 17.5 Å². The van der Waals surface area contributed by atoms with Gasteiger partial charge in [0.2, 0.25) is 11.8 Å². The smallest absolute Gasteiger partial charge is 0.248 e. The van der Waals surface area contributed by atoms with Gasteiger partial charge in [0.05, 0.1) is 13.1 Å². The monoisotopic (exact) mass is 273 g/mol. The second-order valence-electron chi connectivity index (χ2n) is 5.70. The number of hydrogen-bond acceptors (Lipinski definition) is 4. The van der Waals surface area contributed by atoms with Crippen molar-refractivity contribution in [2.75, 3.05) is 31.6 Å². The van der Waals surface area contributed by atoms with Crippen LogP contribution < -0.4 is 10.6 Å². The third-order valence-electron chi connectivity index (χ3n) is 4.46. The molecule has 2 N–H and O–H groups in total. The van der Waals surface area contributed by atoms with Gasteiger partial charge in [-0.05, 0) is 24.5 Å². The lowest BCUT2D eigenvalue weighted by Gasteiger charge is -2.34. The minimum atomic E-state index is -0.159. The first-order valence-electron chi connectivity index (χ1n) is 6.91. The second-order valence-corrected chi connectivity index (χ2v) is 5.70. The van der Waals surface area contributed by atoms with Crippen LogP contribution in [0.1, 0.15) is 18.4 Å². The van der Waals surface area contributed by atoms with Crippen molar-refractivity contribution in [3.8, 4) is 0 Å². The average Bonchev–Trinajstić information content (AvgIpc) is 3.25. The molecule has 1 saturated carbocycles. The molecule has 1 aromatic rings. The molecule has 20 heavy (non-hydrogen) atoms. The number of anilines is 1. The topological polar surface area (TPSA) is 66.6 Å². The summed E-state index contributed by atoms with van der Waals surface area (Å²) in [6, 6.07) is 7.99. The molecule has 0 bridgehead atoms. The number of imide groups is 1. The summed E-state index contributed by atoms with van der Waals surface area (Å²) in [5.74, 6) is -0.317. The molecule has 1 saturated heterocycles. The van der Waals surface area contributed by atoms with E-state index in [0.717, 1.165) is 18.5 Å². The molecular weight excluding hydrogens is 254 g/mol. The molecule has 2 amide bonds. The van der Waals surface area contributed by atoms with E-state index in [1.807, 2.05) is 23.1 Å². The first-order chi connectivity index (χ1) is 9.57. The van der Waals surface area contributed by atoms with E-state index in [0.29, 0.717) is 6.54 Å². The Labute approximate surface area is 118 Å². The molecule has 2 fully saturated rings. The van der Waals surface area contributed by atoms with Crippen molar-refractivity contribution < 1.29 is 9.59 Å². The number of nitrogens with two attached hydrogens (primary N) is 1. The number of rotatable bonds is 3. The van der Waals surface area contributed by atoms with Gasteiger partial charge in [0.25, 0.3) is 0 Å². The van der Waals surface area contributed by atoms with Crippen LogP contribution in [0.5, 0.6) is 0 Å². The summed E-state index contributed by atoms with van der Waals surface area (Å²) in [4.78, 5) is 26.8. The maximum Gasteiger partial charge on any atom is 0.248 e. The Morgan fingerprint density at radius 1 is 1.15 bits per heavy atom. The normalized spacial score (nSPS) is 21.3. The van der Waals surface area contributed by atoms with E-state index in [9.17, 15) is 9.59 Å². The van der Waals surface area contributed by atoms with Crippen LogP contribution in [0.15, 0.2) is 24.3 Å². The molecule has 5 nitrogen and oxygen atoms in total. The van der Waals surface area contributed by atoms with E-state index in [-0.39, 0.29) is 30.3 Å². The summed E-state index contributed by atoms with van der Waals surface area (Å²) in [5.41, 5.74) is 8.11. The van der Waals surface area contributed by atoms with Crippen molar-refractivity contribution in [1.29, 1.82) is 0 Å². The van der Waals surface area contributed by atoms with Gasteiger partial charge in [-0.25, -0.2) is 0 Å². The Balaban J connectivity index is 1.95. The van der Waals surface area contributed by atoms with Crippen molar-refractivity contribution in [1.82, 2.24) is 4.90 Å². The Bertz CT molecular complexity index is 548. The molecule has 1 aliphatic carbocycles. The molecular formula is C15H19N3O2. The molecule has 0 spiro atoms. The standard InChI is InChI=1S/C15H19N3O2/c1-17-13(19)8-18(9-14(17)20)12-5-3-2-4-11(12)15(10-16)6-7-15/h2-5H,6-10,16H2,1H3. The quantitative estimate of drug-likeness (QED) is 0.814. The fraction of sp³-hybridized carbons (Fsp3) is 0.467. The van der Waals surface area contributed by atoms with Crippen LogP contribution in [-0.4, -0.2) is 43.4 Å². The number of hydrogen-bond donors (Lipinski definition) is 1. The van der Waals surface area contributed by atoms with Crippen LogP contribution in [0.25, 0.3) is 0 Å². The highest BCUT2D eigenvalue weighted by Crippen LogP contribution is 2.50. The van der Waals surface area contributed by atoms with E-state index >= 15 is 0 Å². The van der Waals surface area contributed by atoms with Gasteiger partial charge in [0.1, 0.15) is 0 Å². The number of benzene rings is 1. The van der Waals surface area contributed by atoms with Crippen LogP contribution in [0.4, 0.5) is 5.69 Å². The summed E-state index contributed by atoms with van der Waals surface area (Å²) in [5, 5.41) is 0. The van der Waals surface area contributed by atoms with Gasteiger partial charge in [-0.1, -0.05) is 18.2 Å². The molecule has 5 heteroatoms. The van der Waals surface area contributed by atoms with Gasteiger partial charge in [-0.3, -0.25) is 14.5 Å². The number of carbonyl (C=O) groups excluding carboxylic acids is 2. The lowest BCUT2D eigenvalue weighted by atomic mass is 9.93. The first-order valence-corrected chi connectivity index (χ1v) is 6.91. The first kappa shape index (κ1) is 13.1. The predicted octanol–water partition coefficient (Wildman–Crippen LogP) is 0.482. The van der Waals surface area contributed by atoms with Crippen LogP contribution >= 0.6 is 0 Å². The Kier molecular flexibility index (Phi) is 3.01. The number of para-hydroxylation sites is 1. The van der Waals surface area contributed by atoms with E-state index in [4.69, 9.17) is 5.73 Å². The van der Waals surface area contributed by atoms with Gasteiger partial charge in [-0.2, -0.15) is 0 Å². The molecule has 0 atom stereocenters. The predicted molar refractivity (Wildman–Crippen MR) is 76.4 cm³/mol. The van der Waals surface area contributed by atoms with E-state index < -0.39 is 0 Å². The Morgan fingerprint density at radius 2 is 1.75 bits per heavy atom. The highest BCUT2D eigenvalue weighted by molar-refractivity contribution is 6.02. The molecule has 0 unspecified atom stereocenters. The zero-order chi connectivity index (χ0) is 14.3. The van der Waals surface area contributed by atoms with Crippen molar-refractivity contribution >= 4 is 17.5 Å². The van der Waals surface area contributed by atoms with Crippen molar-refractivity contribution in [3.05, 3.63) is 29.8 Å². The maximum absolute atomic E-state index is 11.9. The third-order valence-corrected chi connectivity index (χ3v) is 4.46. The lowest BCUT2D eigenvalue weighted by Crippen LogP contribution is -2.52. The molecule has 1 aliphatic heterocycles. The number of nitrogens with zero attached hydrogens (tertiary/aromatic N) is 2. The van der Waals surface area contributed by atoms with E-state index in [1.54, 1.807) is 0 Å². The van der Waals surface area contributed by atoms with Crippen molar-refractivity contribution in [2.45, 2.75) is 18.3 Å². The summed E-state index contributed by atoms with van der Waals surface area (Å²) < 4.78 is 0. The van der Waals surface area contributed by atoms with Crippen molar-refractivity contribution in [2.24, 2.45) is 5.73 Å². The van der Waals surface area contributed by atoms with Gasteiger partial charge in [-0.15, -0.1) is 0 Å². The van der Waals surface area contributed by atoms with Gasteiger partial charge in [0.15, 0.2) is 0 Å². The van der Waals surface area contributed by atoms with Gasteiger partial charge in [0, 0.05) is 24.7 Å². The van der Waals surface area contributed by atoms with Crippen LogP contribution in [-0.2, 0) is 15.0 Å². The molecule has 0 aromatic heterocycles. The van der Waals surface area contributed by atoms with Gasteiger partial charge < -0.3 is 10.6 Å². The fourth-order valence-electron chi connectivity index (χ4n) is 2.84. The Morgan fingerprint density at radius 3 is 2.30 bits per heavy atom. The number of carbonyl (C=O) groups is 2. The van der Waals surface area contributed by atoms with Gasteiger partial charge >= 0.3 is 0 Å². The van der Waals surface area contributed by atoms with Crippen LogP contribution in [0.2, 0.25) is 0 Å². The maximum atomic E-state index is 11.9. The summed E-state index contributed by atoms with van der Waals surface area (Å²) in [6.45, 7) is 1.11. The minimum Gasteiger partial charge on any atom is -0.353 e. The number of piperazine rings is 1. The lowest BCUT2D eigenvalue weighted by molar-refractivity contribution is -0.143. The molecule has 106 valence electrons. The molecule has 0 radical (unpaired) electrons. The zero-order valence-electron chi connectivity index (χ0n) is 11.6. The van der Waals surface area contributed by atoms with Crippen LogP contribution in [0.3, 0.4) is 0 Å². The molecule has 1 heterocycles. The second kappa shape index (κ2) is 4.59.